The Bertz CT molecular complexity index is 662. The van der Waals surface area contributed by atoms with Gasteiger partial charge in [-0.25, -0.2) is 4.39 Å². The molecule has 0 aliphatic carbocycles. The molecular formula is C18H20FNOS. The molecule has 4 heteroatoms. The van der Waals surface area contributed by atoms with E-state index in [2.05, 4.69) is 17.4 Å². The van der Waals surface area contributed by atoms with Crippen LogP contribution in [-0.2, 0) is 4.79 Å². The molecule has 0 spiro atoms. The predicted octanol–water partition coefficient (Wildman–Crippen LogP) is 4.87. The van der Waals surface area contributed by atoms with Gasteiger partial charge in [0, 0.05) is 22.8 Å². The minimum absolute atomic E-state index is 0.0427. The highest BCUT2D eigenvalue weighted by atomic mass is 32.2. The number of carbonyl (C=O) groups is 1. The van der Waals surface area contributed by atoms with Crippen molar-refractivity contribution in [2.45, 2.75) is 32.1 Å². The van der Waals surface area contributed by atoms with Crippen LogP contribution >= 0.6 is 11.8 Å². The van der Waals surface area contributed by atoms with Crippen LogP contribution in [0.1, 0.15) is 23.1 Å². The largest absolute Gasteiger partial charge is 0.326 e. The zero-order valence-corrected chi connectivity index (χ0v) is 13.9. The second-order valence-electron chi connectivity index (χ2n) is 5.35. The van der Waals surface area contributed by atoms with Gasteiger partial charge in [0.2, 0.25) is 5.91 Å². The quantitative estimate of drug-likeness (QED) is 0.797. The highest BCUT2D eigenvalue weighted by Gasteiger charge is 2.09. The Labute approximate surface area is 135 Å². The molecule has 0 heterocycles. The highest BCUT2D eigenvalue weighted by Crippen LogP contribution is 2.24. The fourth-order valence-corrected chi connectivity index (χ4v) is 3.28. The molecule has 0 fully saturated rings. The van der Waals surface area contributed by atoms with E-state index in [0.717, 1.165) is 16.8 Å². The van der Waals surface area contributed by atoms with Gasteiger partial charge < -0.3 is 5.32 Å². The molecule has 0 radical (unpaired) electrons. The Morgan fingerprint density at radius 3 is 2.41 bits per heavy atom. The van der Waals surface area contributed by atoms with E-state index in [1.807, 2.05) is 20.8 Å². The van der Waals surface area contributed by atoms with Gasteiger partial charge in [-0.05, 0) is 44.0 Å². The van der Waals surface area contributed by atoms with Crippen molar-refractivity contribution >= 4 is 23.4 Å². The average Bonchev–Trinajstić information content (AvgIpc) is 2.45. The normalized spacial score (nSPS) is 10.5. The summed E-state index contributed by atoms with van der Waals surface area (Å²) in [6.07, 6.45) is 0.353. The van der Waals surface area contributed by atoms with Crippen molar-refractivity contribution in [2.75, 3.05) is 11.1 Å². The number of hydrogen-bond donors (Lipinski definition) is 1. The topological polar surface area (TPSA) is 29.1 Å². The first-order valence-corrected chi connectivity index (χ1v) is 8.21. The molecule has 0 saturated heterocycles. The Hall–Kier alpha value is -1.81. The average molecular weight is 317 g/mol. The van der Waals surface area contributed by atoms with Gasteiger partial charge in [0.15, 0.2) is 0 Å². The standard InChI is InChI=1S/C18H20FNOS/c1-12-10-13(2)18(14(3)11-12)20-17(21)8-9-22-16-7-5-4-6-15(16)19/h4-7,10-11H,8-9H2,1-3H3,(H,20,21). The molecule has 1 N–H and O–H groups in total. The molecule has 0 aliphatic rings. The summed E-state index contributed by atoms with van der Waals surface area (Å²) < 4.78 is 13.5. The lowest BCUT2D eigenvalue weighted by Crippen LogP contribution is -2.14. The van der Waals surface area contributed by atoms with Crippen molar-refractivity contribution in [1.29, 1.82) is 0 Å². The molecule has 22 heavy (non-hydrogen) atoms. The van der Waals surface area contributed by atoms with Gasteiger partial charge in [-0.15, -0.1) is 11.8 Å². The van der Waals surface area contributed by atoms with E-state index in [9.17, 15) is 9.18 Å². The van der Waals surface area contributed by atoms with Crippen LogP contribution in [0.4, 0.5) is 10.1 Å². The van der Waals surface area contributed by atoms with E-state index >= 15 is 0 Å². The Morgan fingerprint density at radius 1 is 1.14 bits per heavy atom. The first kappa shape index (κ1) is 16.6. The van der Waals surface area contributed by atoms with E-state index in [1.165, 1.54) is 23.4 Å². The maximum Gasteiger partial charge on any atom is 0.225 e. The monoisotopic (exact) mass is 317 g/mol. The molecule has 116 valence electrons. The summed E-state index contributed by atoms with van der Waals surface area (Å²) in [6, 6.07) is 10.7. The molecule has 0 bridgehead atoms. The fourth-order valence-electron chi connectivity index (χ4n) is 2.39. The minimum atomic E-state index is -0.238. The van der Waals surface area contributed by atoms with Gasteiger partial charge in [0.25, 0.3) is 0 Å². The Kier molecular flexibility index (Phi) is 5.61. The summed E-state index contributed by atoms with van der Waals surface area (Å²) in [4.78, 5) is 12.6. The van der Waals surface area contributed by atoms with E-state index in [0.29, 0.717) is 17.1 Å². The Morgan fingerprint density at radius 2 is 1.77 bits per heavy atom. The number of aryl methyl sites for hydroxylation is 3. The van der Waals surface area contributed by atoms with Gasteiger partial charge in [0.05, 0.1) is 0 Å². The van der Waals surface area contributed by atoms with E-state index in [4.69, 9.17) is 0 Å². The highest BCUT2D eigenvalue weighted by molar-refractivity contribution is 7.99. The zero-order valence-electron chi connectivity index (χ0n) is 13.1. The number of thioether (sulfide) groups is 1. The summed E-state index contributed by atoms with van der Waals surface area (Å²) in [5.41, 5.74) is 4.19. The Balaban J connectivity index is 1.90. The molecule has 0 aliphatic heterocycles. The second kappa shape index (κ2) is 7.45. The van der Waals surface area contributed by atoms with Crippen molar-refractivity contribution in [1.82, 2.24) is 0 Å². The number of carbonyl (C=O) groups excluding carboxylic acids is 1. The van der Waals surface area contributed by atoms with E-state index in [-0.39, 0.29) is 11.7 Å². The molecule has 2 aromatic rings. The number of benzene rings is 2. The van der Waals surface area contributed by atoms with Crippen LogP contribution in [0.5, 0.6) is 0 Å². The summed E-state index contributed by atoms with van der Waals surface area (Å²) in [7, 11) is 0. The number of anilines is 1. The summed E-state index contributed by atoms with van der Waals surface area (Å²) in [5.74, 6) is 0.272. The maximum atomic E-state index is 13.5. The minimum Gasteiger partial charge on any atom is -0.326 e. The molecule has 0 unspecified atom stereocenters. The summed E-state index contributed by atoms with van der Waals surface area (Å²) in [6.45, 7) is 6.02. The predicted molar refractivity (Wildman–Crippen MR) is 91.0 cm³/mol. The van der Waals surface area contributed by atoms with Gasteiger partial charge in [-0.1, -0.05) is 29.8 Å². The molecule has 2 rings (SSSR count). The lowest BCUT2D eigenvalue weighted by molar-refractivity contribution is -0.115. The van der Waals surface area contributed by atoms with Crippen molar-refractivity contribution in [3.05, 3.63) is 58.9 Å². The van der Waals surface area contributed by atoms with Crippen molar-refractivity contribution in [3.63, 3.8) is 0 Å². The SMILES string of the molecule is Cc1cc(C)c(NC(=O)CCSc2ccccc2F)c(C)c1. The third-order valence-electron chi connectivity index (χ3n) is 3.36. The van der Waals surface area contributed by atoms with Crippen LogP contribution in [0, 0.1) is 26.6 Å². The van der Waals surface area contributed by atoms with Crippen LogP contribution in [0.2, 0.25) is 0 Å². The maximum absolute atomic E-state index is 13.5. The molecular weight excluding hydrogens is 297 g/mol. The molecule has 0 aromatic heterocycles. The number of hydrogen-bond acceptors (Lipinski definition) is 2. The molecule has 2 nitrogen and oxygen atoms in total. The van der Waals surface area contributed by atoms with Crippen LogP contribution in [-0.4, -0.2) is 11.7 Å². The second-order valence-corrected chi connectivity index (χ2v) is 6.49. The van der Waals surface area contributed by atoms with Crippen LogP contribution in [0.15, 0.2) is 41.3 Å². The lowest BCUT2D eigenvalue weighted by atomic mass is 10.1. The number of amides is 1. The van der Waals surface area contributed by atoms with Gasteiger partial charge in [-0.3, -0.25) is 4.79 Å². The van der Waals surface area contributed by atoms with Crippen molar-refractivity contribution < 1.29 is 9.18 Å². The number of halogens is 1. The zero-order chi connectivity index (χ0) is 16.1. The summed E-state index contributed by atoms with van der Waals surface area (Å²) in [5, 5.41) is 2.96. The lowest BCUT2D eigenvalue weighted by Gasteiger charge is -2.12. The smallest absolute Gasteiger partial charge is 0.225 e. The first-order chi connectivity index (χ1) is 10.5. The molecule has 1 amide bonds. The number of rotatable bonds is 5. The van der Waals surface area contributed by atoms with Gasteiger partial charge in [-0.2, -0.15) is 0 Å². The van der Waals surface area contributed by atoms with Crippen molar-refractivity contribution in [3.8, 4) is 0 Å². The fraction of sp³-hybridized carbons (Fsp3) is 0.278. The van der Waals surface area contributed by atoms with E-state index < -0.39 is 0 Å². The van der Waals surface area contributed by atoms with Gasteiger partial charge >= 0.3 is 0 Å². The van der Waals surface area contributed by atoms with E-state index in [1.54, 1.807) is 18.2 Å². The third kappa shape index (κ3) is 4.34. The third-order valence-corrected chi connectivity index (χ3v) is 4.42. The first-order valence-electron chi connectivity index (χ1n) is 7.22. The molecule has 2 aromatic carbocycles. The van der Waals surface area contributed by atoms with Crippen LogP contribution in [0.3, 0.4) is 0 Å². The van der Waals surface area contributed by atoms with Crippen molar-refractivity contribution in [2.24, 2.45) is 0 Å². The molecule has 0 atom stereocenters. The van der Waals surface area contributed by atoms with Crippen LogP contribution in [0.25, 0.3) is 0 Å². The van der Waals surface area contributed by atoms with Crippen LogP contribution < -0.4 is 5.32 Å². The number of nitrogens with one attached hydrogen (secondary N) is 1. The van der Waals surface area contributed by atoms with Gasteiger partial charge in [0.1, 0.15) is 5.82 Å². The summed E-state index contributed by atoms with van der Waals surface area (Å²) >= 11 is 1.36. The molecule has 0 saturated carbocycles.